The Kier molecular flexibility index (Phi) is 2.04. The summed E-state index contributed by atoms with van der Waals surface area (Å²) in [4.78, 5) is 26.3. The summed E-state index contributed by atoms with van der Waals surface area (Å²) in [6.07, 6.45) is 3.28. The largest absolute Gasteiger partial charge is 0.361 e. The molecule has 2 aromatic heterocycles. The van der Waals surface area contributed by atoms with Crippen LogP contribution in [0.3, 0.4) is 0 Å². The van der Waals surface area contributed by atoms with Crippen molar-refractivity contribution in [2.45, 2.75) is 25.8 Å². The van der Waals surface area contributed by atoms with Gasteiger partial charge in [0.15, 0.2) is 0 Å². The molecule has 0 aromatic carbocycles. The first-order valence-corrected chi connectivity index (χ1v) is 5.44. The average Bonchev–Trinajstić information content (AvgIpc) is 2.99. The van der Waals surface area contributed by atoms with E-state index in [-0.39, 0.29) is 17.3 Å². The van der Waals surface area contributed by atoms with E-state index in [0.29, 0.717) is 17.0 Å². The third-order valence-electron chi connectivity index (χ3n) is 2.92. The molecule has 88 valence electrons. The van der Waals surface area contributed by atoms with Crippen LogP contribution in [0.5, 0.6) is 0 Å². The van der Waals surface area contributed by atoms with E-state index in [9.17, 15) is 9.59 Å². The number of hydrogen-bond donors (Lipinski definition) is 1. The highest BCUT2D eigenvalue weighted by atomic mass is 16.5. The van der Waals surface area contributed by atoms with Gasteiger partial charge in [0.05, 0.1) is 17.5 Å². The van der Waals surface area contributed by atoms with Crippen molar-refractivity contribution in [3.8, 4) is 11.3 Å². The van der Waals surface area contributed by atoms with Gasteiger partial charge in [0.1, 0.15) is 5.76 Å². The first-order chi connectivity index (χ1) is 8.16. The summed E-state index contributed by atoms with van der Waals surface area (Å²) < 4.78 is 6.18. The van der Waals surface area contributed by atoms with Crippen LogP contribution in [0.4, 0.5) is 0 Å². The second kappa shape index (κ2) is 3.44. The number of aromatic amines is 1. The summed E-state index contributed by atoms with van der Waals surface area (Å²) in [5.41, 5.74) is 0.459. The second-order valence-electron chi connectivity index (χ2n) is 4.22. The van der Waals surface area contributed by atoms with Gasteiger partial charge in [-0.05, 0) is 19.8 Å². The molecule has 0 atom stereocenters. The molecule has 2 heterocycles. The summed E-state index contributed by atoms with van der Waals surface area (Å²) in [5.74, 6) is 0.573. The Morgan fingerprint density at radius 3 is 2.76 bits per heavy atom. The molecule has 0 spiro atoms. The summed E-state index contributed by atoms with van der Waals surface area (Å²) in [7, 11) is 0. The lowest BCUT2D eigenvalue weighted by Crippen LogP contribution is -2.34. The molecule has 1 aliphatic rings. The molecule has 17 heavy (non-hydrogen) atoms. The van der Waals surface area contributed by atoms with Gasteiger partial charge in [-0.3, -0.25) is 9.36 Å². The third kappa shape index (κ3) is 1.61. The SMILES string of the molecule is Cc1oncc1-c1cc(=O)n(C2CC2)c(=O)[nH]1. The lowest BCUT2D eigenvalue weighted by molar-refractivity contribution is 0.398. The number of nitrogens with one attached hydrogen (secondary N) is 1. The average molecular weight is 233 g/mol. The number of rotatable bonds is 2. The minimum atomic E-state index is -0.365. The minimum absolute atomic E-state index is 0.0730. The maximum Gasteiger partial charge on any atom is 0.329 e. The Morgan fingerprint density at radius 2 is 2.24 bits per heavy atom. The molecule has 0 radical (unpaired) electrons. The smallest absolute Gasteiger partial charge is 0.329 e. The van der Waals surface area contributed by atoms with Crippen molar-refractivity contribution < 1.29 is 4.52 Å². The molecule has 0 amide bonds. The van der Waals surface area contributed by atoms with Crippen LogP contribution >= 0.6 is 0 Å². The zero-order valence-electron chi connectivity index (χ0n) is 9.27. The summed E-state index contributed by atoms with van der Waals surface area (Å²) in [6, 6.07) is 1.49. The van der Waals surface area contributed by atoms with E-state index in [2.05, 4.69) is 10.1 Å². The molecule has 0 unspecified atom stereocenters. The lowest BCUT2D eigenvalue weighted by atomic mass is 10.2. The van der Waals surface area contributed by atoms with Crippen LogP contribution in [0.25, 0.3) is 11.3 Å². The van der Waals surface area contributed by atoms with E-state index >= 15 is 0 Å². The topological polar surface area (TPSA) is 80.9 Å². The van der Waals surface area contributed by atoms with Crippen molar-refractivity contribution in [2.24, 2.45) is 0 Å². The number of nitrogens with zero attached hydrogens (tertiary/aromatic N) is 2. The van der Waals surface area contributed by atoms with E-state index < -0.39 is 0 Å². The van der Waals surface area contributed by atoms with Gasteiger partial charge in [0, 0.05) is 12.1 Å². The molecule has 0 aliphatic heterocycles. The zero-order chi connectivity index (χ0) is 12.0. The van der Waals surface area contributed by atoms with Crippen LogP contribution in [0.1, 0.15) is 24.6 Å². The lowest BCUT2D eigenvalue weighted by Gasteiger charge is -2.03. The van der Waals surface area contributed by atoms with Crippen molar-refractivity contribution in [1.29, 1.82) is 0 Å². The van der Waals surface area contributed by atoms with Gasteiger partial charge >= 0.3 is 5.69 Å². The highest BCUT2D eigenvalue weighted by Crippen LogP contribution is 2.32. The van der Waals surface area contributed by atoms with Crippen molar-refractivity contribution in [2.75, 3.05) is 0 Å². The molecular formula is C11H11N3O3. The van der Waals surface area contributed by atoms with E-state index in [4.69, 9.17) is 4.52 Å². The van der Waals surface area contributed by atoms with Crippen molar-refractivity contribution >= 4 is 0 Å². The molecule has 2 aromatic rings. The van der Waals surface area contributed by atoms with E-state index in [1.165, 1.54) is 16.8 Å². The van der Waals surface area contributed by atoms with Crippen LogP contribution in [0.2, 0.25) is 0 Å². The van der Waals surface area contributed by atoms with Gasteiger partial charge in [-0.15, -0.1) is 0 Å². The molecule has 1 aliphatic carbocycles. The van der Waals surface area contributed by atoms with Crippen LogP contribution in [0, 0.1) is 6.92 Å². The number of H-pyrrole nitrogens is 1. The highest BCUT2D eigenvalue weighted by Gasteiger charge is 2.27. The summed E-state index contributed by atoms with van der Waals surface area (Å²) in [5, 5.41) is 3.62. The van der Waals surface area contributed by atoms with Gasteiger partial charge in [-0.2, -0.15) is 0 Å². The normalized spacial score (nSPS) is 15.1. The van der Waals surface area contributed by atoms with Crippen LogP contribution in [0.15, 0.2) is 26.4 Å². The number of hydrogen-bond acceptors (Lipinski definition) is 4. The Morgan fingerprint density at radius 1 is 1.47 bits per heavy atom. The molecule has 0 bridgehead atoms. The standard InChI is InChI=1S/C11H11N3O3/c1-6-8(5-12-17-6)9-4-10(15)14(7-2-3-7)11(16)13-9/h4-5,7H,2-3H2,1H3,(H,13,16). The first-order valence-electron chi connectivity index (χ1n) is 5.44. The third-order valence-corrected chi connectivity index (χ3v) is 2.92. The maximum absolute atomic E-state index is 11.8. The Balaban J connectivity index is 2.18. The van der Waals surface area contributed by atoms with Gasteiger partial charge in [0.25, 0.3) is 5.56 Å². The second-order valence-corrected chi connectivity index (χ2v) is 4.22. The molecule has 6 heteroatoms. The molecule has 0 saturated heterocycles. The van der Waals surface area contributed by atoms with E-state index in [0.717, 1.165) is 12.8 Å². The van der Waals surface area contributed by atoms with Gasteiger partial charge < -0.3 is 9.51 Å². The van der Waals surface area contributed by atoms with Gasteiger partial charge in [-0.25, -0.2) is 4.79 Å². The molecule has 1 N–H and O–H groups in total. The molecule has 1 fully saturated rings. The van der Waals surface area contributed by atoms with Gasteiger partial charge in [0.2, 0.25) is 0 Å². The Bertz CT molecular complexity index is 645. The fourth-order valence-corrected chi connectivity index (χ4v) is 1.89. The monoisotopic (exact) mass is 233 g/mol. The first kappa shape index (κ1) is 10.1. The molecular weight excluding hydrogens is 222 g/mol. The van der Waals surface area contributed by atoms with Crippen molar-refractivity contribution in [3.05, 3.63) is 38.9 Å². The van der Waals surface area contributed by atoms with Crippen LogP contribution < -0.4 is 11.2 Å². The Hall–Kier alpha value is -2.11. The zero-order valence-corrected chi connectivity index (χ0v) is 9.27. The van der Waals surface area contributed by atoms with Crippen LogP contribution in [-0.2, 0) is 0 Å². The van der Waals surface area contributed by atoms with Crippen molar-refractivity contribution in [1.82, 2.24) is 14.7 Å². The quantitative estimate of drug-likeness (QED) is 0.833. The minimum Gasteiger partial charge on any atom is -0.361 e. The van der Waals surface area contributed by atoms with Crippen molar-refractivity contribution in [3.63, 3.8) is 0 Å². The van der Waals surface area contributed by atoms with Crippen LogP contribution in [-0.4, -0.2) is 14.7 Å². The fourth-order valence-electron chi connectivity index (χ4n) is 1.89. The van der Waals surface area contributed by atoms with E-state index in [1.54, 1.807) is 6.92 Å². The predicted octanol–water partition coefficient (Wildman–Crippen LogP) is 0.835. The fraction of sp³-hybridized carbons (Fsp3) is 0.364. The van der Waals surface area contributed by atoms with E-state index in [1.807, 2.05) is 0 Å². The predicted molar refractivity (Wildman–Crippen MR) is 59.8 cm³/mol. The molecule has 6 nitrogen and oxygen atoms in total. The molecule has 3 rings (SSSR count). The number of aryl methyl sites for hydroxylation is 1. The summed E-state index contributed by atoms with van der Waals surface area (Å²) in [6.45, 7) is 1.73. The molecule has 1 saturated carbocycles. The maximum atomic E-state index is 11.8. The summed E-state index contributed by atoms with van der Waals surface area (Å²) >= 11 is 0. The van der Waals surface area contributed by atoms with Gasteiger partial charge in [-0.1, -0.05) is 5.16 Å². The highest BCUT2D eigenvalue weighted by molar-refractivity contribution is 5.58. The Labute approximate surface area is 95.9 Å². The number of aromatic nitrogens is 3.